The molecule has 19 heavy (non-hydrogen) atoms. The molecule has 0 aliphatic rings. The SMILES string of the molecule is CCc1nc(COc2ccc(C)cc2CNC)cs1. The lowest BCUT2D eigenvalue weighted by atomic mass is 10.1. The van der Waals surface area contributed by atoms with Crippen molar-refractivity contribution >= 4 is 11.3 Å². The Bertz CT molecular complexity index is 537. The summed E-state index contributed by atoms with van der Waals surface area (Å²) in [6.07, 6.45) is 0.986. The van der Waals surface area contributed by atoms with Crippen LogP contribution in [0.5, 0.6) is 5.75 Å². The van der Waals surface area contributed by atoms with Crippen LogP contribution in [-0.2, 0) is 19.6 Å². The van der Waals surface area contributed by atoms with E-state index in [1.807, 2.05) is 13.1 Å². The Balaban J connectivity index is 2.05. The van der Waals surface area contributed by atoms with E-state index in [1.54, 1.807) is 11.3 Å². The van der Waals surface area contributed by atoms with Crippen LogP contribution in [0, 0.1) is 6.92 Å². The zero-order chi connectivity index (χ0) is 13.7. The normalized spacial score (nSPS) is 10.7. The topological polar surface area (TPSA) is 34.1 Å². The molecular weight excluding hydrogens is 256 g/mol. The van der Waals surface area contributed by atoms with E-state index in [0.717, 1.165) is 29.4 Å². The number of ether oxygens (including phenoxy) is 1. The van der Waals surface area contributed by atoms with E-state index in [2.05, 4.69) is 41.7 Å². The van der Waals surface area contributed by atoms with Gasteiger partial charge in [-0.25, -0.2) is 4.98 Å². The van der Waals surface area contributed by atoms with E-state index in [1.165, 1.54) is 11.1 Å². The van der Waals surface area contributed by atoms with Crippen LogP contribution in [0.1, 0.15) is 28.8 Å². The Hall–Kier alpha value is -1.39. The summed E-state index contributed by atoms with van der Waals surface area (Å²) >= 11 is 1.70. The third kappa shape index (κ3) is 3.78. The largest absolute Gasteiger partial charge is 0.487 e. The molecule has 1 aromatic carbocycles. The Kier molecular flexibility index (Phi) is 4.93. The molecule has 2 rings (SSSR count). The highest BCUT2D eigenvalue weighted by Gasteiger charge is 2.06. The van der Waals surface area contributed by atoms with Gasteiger partial charge in [0.1, 0.15) is 12.4 Å². The number of hydrogen-bond donors (Lipinski definition) is 1. The van der Waals surface area contributed by atoms with Crippen molar-refractivity contribution in [1.82, 2.24) is 10.3 Å². The second kappa shape index (κ2) is 6.68. The van der Waals surface area contributed by atoms with E-state index < -0.39 is 0 Å². The minimum absolute atomic E-state index is 0.538. The standard InChI is InChI=1S/C15H20N2OS/c1-4-15-17-13(10-19-15)9-18-14-6-5-11(2)7-12(14)8-16-3/h5-7,10,16H,4,8-9H2,1-3H3. The van der Waals surface area contributed by atoms with Crippen molar-refractivity contribution in [2.24, 2.45) is 0 Å². The maximum Gasteiger partial charge on any atom is 0.131 e. The summed E-state index contributed by atoms with van der Waals surface area (Å²) < 4.78 is 5.89. The fourth-order valence-corrected chi connectivity index (χ4v) is 2.64. The Labute approximate surface area is 118 Å². The van der Waals surface area contributed by atoms with E-state index in [9.17, 15) is 0 Å². The van der Waals surface area contributed by atoms with E-state index in [4.69, 9.17) is 4.74 Å². The molecule has 0 unspecified atom stereocenters. The zero-order valence-corrected chi connectivity index (χ0v) is 12.5. The van der Waals surface area contributed by atoms with Crippen LogP contribution < -0.4 is 10.1 Å². The third-order valence-corrected chi connectivity index (χ3v) is 3.90. The number of nitrogens with one attached hydrogen (secondary N) is 1. The highest BCUT2D eigenvalue weighted by molar-refractivity contribution is 7.09. The van der Waals surface area contributed by atoms with Gasteiger partial charge in [-0.15, -0.1) is 11.3 Å². The van der Waals surface area contributed by atoms with Gasteiger partial charge in [0.25, 0.3) is 0 Å². The predicted octanol–water partition coefficient (Wildman–Crippen LogP) is 3.31. The number of thiazole rings is 1. The van der Waals surface area contributed by atoms with Crippen molar-refractivity contribution < 1.29 is 4.74 Å². The molecule has 1 N–H and O–H groups in total. The molecule has 0 saturated carbocycles. The Morgan fingerprint density at radius 3 is 2.89 bits per heavy atom. The molecule has 4 heteroatoms. The monoisotopic (exact) mass is 276 g/mol. The van der Waals surface area contributed by atoms with Gasteiger partial charge in [0, 0.05) is 17.5 Å². The van der Waals surface area contributed by atoms with Gasteiger partial charge in [-0.3, -0.25) is 0 Å². The van der Waals surface area contributed by atoms with E-state index in [-0.39, 0.29) is 0 Å². The minimum atomic E-state index is 0.538. The number of benzene rings is 1. The minimum Gasteiger partial charge on any atom is -0.487 e. The van der Waals surface area contributed by atoms with Crippen molar-refractivity contribution in [2.75, 3.05) is 7.05 Å². The molecule has 0 fully saturated rings. The quantitative estimate of drug-likeness (QED) is 0.879. The summed E-state index contributed by atoms with van der Waals surface area (Å²) in [6.45, 7) is 5.57. The average Bonchev–Trinajstić information content (AvgIpc) is 2.86. The molecule has 1 heterocycles. The van der Waals surface area contributed by atoms with Gasteiger partial charge in [-0.2, -0.15) is 0 Å². The first-order valence-electron chi connectivity index (χ1n) is 6.53. The molecule has 0 aliphatic heterocycles. The molecule has 1 aromatic heterocycles. The van der Waals surface area contributed by atoms with E-state index >= 15 is 0 Å². The maximum absolute atomic E-state index is 5.89. The van der Waals surface area contributed by atoms with Gasteiger partial charge in [0.2, 0.25) is 0 Å². The second-order valence-electron chi connectivity index (χ2n) is 4.52. The van der Waals surface area contributed by atoms with Crippen molar-refractivity contribution in [3.05, 3.63) is 45.4 Å². The molecule has 0 atom stereocenters. The molecule has 102 valence electrons. The van der Waals surface area contributed by atoms with Crippen LogP contribution in [0.2, 0.25) is 0 Å². The summed E-state index contributed by atoms with van der Waals surface area (Å²) in [6, 6.07) is 6.27. The number of hydrogen-bond acceptors (Lipinski definition) is 4. The number of aryl methyl sites for hydroxylation is 2. The summed E-state index contributed by atoms with van der Waals surface area (Å²) in [4.78, 5) is 4.51. The molecule has 0 saturated heterocycles. The summed E-state index contributed by atoms with van der Waals surface area (Å²) in [5.41, 5.74) is 3.45. The van der Waals surface area contributed by atoms with Crippen molar-refractivity contribution in [2.45, 2.75) is 33.4 Å². The summed E-state index contributed by atoms with van der Waals surface area (Å²) in [5, 5.41) is 6.41. The molecule has 2 aromatic rings. The van der Waals surface area contributed by atoms with Crippen LogP contribution in [0.4, 0.5) is 0 Å². The van der Waals surface area contributed by atoms with Gasteiger partial charge < -0.3 is 10.1 Å². The number of aromatic nitrogens is 1. The van der Waals surface area contributed by atoms with Gasteiger partial charge >= 0.3 is 0 Å². The average molecular weight is 276 g/mol. The lowest BCUT2D eigenvalue weighted by Crippen LogP contribution is -2.08. The van der Waals surface area contributed by atoms with Crippen LogP contribution in [0.3, 0.4) is 0 Å². The van der Waals surface area contributed by atoms with Gasteiger partial charge in [-0.1, -0.05) is 24.6 Å². The lowest BCUT2D eigenvalue weighted by Gasteiger charge is -2.11. The van der Waals surface area contributed by atoms with Crippen LogP contribution in [0.15, 0.2) is 23.6 Å². The first-order valence-corrected chi connectivity index (χ1v) is 7.41. The fraction of sp³-hybridized carbons (Fsp3) is 0.400. The molecular formula is C15H20N2OS. The Morgan fingerprint density at radius 1 is 1.37 bits per heavy atom. The molecule has 0 radical (unpaired) electrons. The predicted molar refractivity (Wildman–Crippen MR) is 79.8 cm³/mol. The van der Waals surface area contributed by atoms with Crippen LogP contribution >= 0.6 is 11.3 Å². The van der Waals surface area contributed by atoms with Crippen LogP contribution in [-0.4, -0.2) is 12.0 Å². The Morgan fingerprint density at radius 2 is 2.21 bits per heavy atom. The maximum atomic E-state index is 5.89. The number of nitrogens with zero attached hydrogens (tertiary/aromatic N) is 1. The first-order chi connectivity index (χ1) is 9.22. The van der Waals surface area contributed by atoms with Crippen molar-refractivity contribution in [3.8, 4) is 5.75 Å². The molecule has 0 amide bonds. The smallest absolute Gasteiger partial charge is 0.131 e. The van der Waals surface area contributed by atoms with Crippen molar-refractivity contribution in [1.29, 1.82) is 0 Å². The van der Waals surface area contributed by atoms with Gasteiger partial charge in [0.05, 0.1) is 10.7 Å². The zero-order valence-electron chi connectivity index (χ0n) is 11.7. The van der Waals surface area contributed by atoms with Crippen molar-refractivity contribution in [3.63, 3.8) is 0 Å². The lowest BCUT2D eigenvalue weighted by molar-refractivity contribution is 0.298. The number of rotatable bonds is 6. The first kappa shape index (κ1) is 14.0. The highest BCUT2D eigenvalue weighted by atomic mass is 32.1. The van der Waals surface area contributed by atoms with E-state index in [0.29, 0.717) is 6.61 Å². The third-order valence-electron chi connectivity index (χ3n) is 2.86. The summed E-state index contributed by atoms with van der Waals surface area (Å²) in [5.74, 6) is 0.936. The van der Waals surface area contributed by atoms with Gasteiger partial charge in [0.15, 0.2) is 0 Å². The highest BCUT2D eigenvalue weighted by Crippen LogP contribution is 2.21. The fourth-order valence-electron chi connectivity index (χ4n) is 1.91. The molecule has 0 spiro atoms. The van der Waals surface area contributed by atoms with Crippen LogP contribution in [0.25, 0.3) is 0 Å². The molecule has 3 nitrogen and oxygen atoms in total. The molecule has 0 aliphatic carbocycles. The van der Waals surface area contributed by atoms with Gasteiger partial charge in [-0.05, 0) is 26.5 Å². The second-order valence-corrected chi connectivity index (χ2v) is 5.46. The summed E-state index contributed by atoms with van der Waals surface area (Å²) in [7, 11) is 1.94. The molecule has 0 bridgehead atoms.